The quantitative estimate of drug-likeness (QED) is 0.579. The van der Waals surface area contributed by atoms with E-state index in [0.29, 0.717) is 41.1 Å². The minimum Gasteiger partial charge on any atom is -0.494 e. The van der Waals surface area contributed by atoms with Gasteiger partial charge in [0.15, 0.2) is 5.82 Å². The highest BCUT2D eigenvalue weighted by molar-refractivity contribution is 5.96. The summed E-state index contributed by atoms with van der Waals surface area (Å²) < 4.78 is 19.5. The summed E-state index contributed by atoms with van der Waals surface area (Å²) in [6.07, 6.45) is 4.77. The number of halogens is 1. The van der Waals surface area contributed by atoms with Crippen LogP contribution in [-0.2, 0) is 4.79 Å². The molecule has 0 radical (unpaired) electrons. The highest BCUT2D eigenvalue weighted by Gasteiger charge is 2.11. The second kappa shape index (κ2) is 9.85. The van der Waals surface area contributed by atoms with Gasteiger partial charge in [0.2, 0.25) is 6.41 Å². The second-order valence-corrected chi connectivity index (χ2v) is 6.48. The first-order valence-corrected chi connectivity index (χ1v) is 9.54. The summed E-state index contributed by atoms with van der Waals surface area (Å²) in [6.45, 7) is 4.89. The average molecular weight is 384 g/mol. The molecule has 1 aliphatic rings. The Labute approximate surface area is 163 Å². The number of hydrogen-bond donors (Lipinski definition) is 3. The molecule has 1 saturated heterocycles. The number of H-pyrrole nitrogens is 1. The molecule has 4 rings (SSSR count). The lowest BCUT2D eigenvalue weighted by molar-refractivity contribution is -0.105. The molecule has 1 fully saturated rings. The minimum absolute atomic E-state index is 0.337. The molecule has 148 valence electrons. The Hall–Kier alpha value is -2.93. The summed E-state index contributed by atoms with van der Waals surface area (Å²) in [7, 11) is 0. The molecular formula is C21H25FN4O2. The highest BCUT2D eigenvalue weighted by Crippen LogP contribution is 2.31. The van der Waals surface area contributed by atoms with E-state index < -0.39 is 0 Å². The van der Waals surface area contributed by atoms with Gasteiger partial charge in [0, 0.05) is 10.9 Å². The van der Waals surface area contributed by atoms with Gasteiger partial charge in [-0.3, -0.25) is 9.89 Å². The number of aromatic nitrogens is 2. The zero-order valence-electron chi connectivity index (χ0n) is 15.9. The lowest BCUT2D eigenvalue weighted by Crippen LogP contribution is -2.21. The van der Waals surface area contributed by atoms with Crippen molar-refractivity contribution in [2.75, 3.05) is 25.0 Å². The van der Waals surface area contributed by atoms with Crippen LogP contribution in [0.15, 0.2) is 36.4 Å². The van der Waals surface area contributed by atoms with E-state index in [2.05, 4.69) is 20.8 Å². The average Bonchev–Trinajstić information content (AvgIpc) is 3.14. The molecule has 3 aromatic rings. The Kier molecular flexibility index (Phi) is 6.97. The van der Waals surface area contributed by atoms with Crippen molar-refractivity contribution in [3.8, 4) is 16.9 Å². The standard InChI is InChI=1S/C16H14FN3O2.C5H11N/c1-2-22-11-4-5-14(17)12(8-11)10-3-6-15-13(7-10)16(18-9-21)20-19-15;1-2-4-6-5-3-1/h3-9H,2H2,1H3,(H2,18,19,20,21);6H,1-5H2. The van der Waals surface area contributed by atoms with E-state index in [-0.39, 0.29) is 5.82 Å². The van der Waals surface area contributed by atoms with Gasteiger partial charge in [0.1, 0.15) is 11.6 Å². The lowest BCUT2D eigenvalue weighted by Gasteiger charge is -2.08. The number of aromatic amines is 1. The number of nitrogens with one attached hydrogen (secondary N) is 3. The molecule has 0 aliphatic carbocycles. The van der Waals surface area contributed by atoms with Gasteiger partial charge in [-0.05, 0) is 68.8 Å². The number of benzene rings is 2. The van der Waals surface area contributed by atoms with Crippen LogP contribution >= 0.6 is 0 Å². The number of amides is 1. The van der Waals surface area contributed by atoms with Gasteiger partial charge >= 0.3 is 0 Å². The van der Waals surface area contributed by atoms with Crippen LogP contribution in [0.25, 0.3) is 22.0 Å². The third-order valence-corrected chi connectivity index (χ3v) is 4.53. The number of nitrogens with zero attached hydrogens (tertiary/aromatic N) is 1. The molecule has 1 amide bonds. The van der Waals surface area contributed by atoms with Crippen LogP contribution in [0.1, 0.15) is 26.2 Å². The van der Waals surface area contributed by atoms with Crippen LogP contribution < -0.4 is 15.4 Å². The van der Waals surface area contributed by atoms with Crippen LogP contribution in [0.4, 0.5) is 10.2 Å². The monoisotopic (exact) mass is 384 g/mol. The third-order valence-electron chi connectivity index (χ3n) is 4.53. The van der Waals surface area contributed by atoms with Crippen molar-refractivity contribution in [1.82, 2.24) is 15.5 Å². The number of ether oxygens (including phenoxy) is 1. The Bertz CT molecular complexity index is 910. The predicted molar refractivity (Wildman–Crippen MR) is 109 cm³/mol. The minimum atomic E-state index is -0.337. The van der Waals surface area contributed by atoms with Gasteiger partial charge in [0.05, 0.1) is 12.1 Å². The molecule has 0 saturated carbocycles. The normalized spacial score (nSPS) is 13.5. The summed E-state index contributed by atoms with van der Waals surface area (Å²) in [6, 6.07) is 9.99. The van der Waals surface area contributed by atoms with Crippen LogP contribution in [-0.4, -0.2) is 36.3 Å². The van der Waals surface area contributed by atoms with E-state index >= 15 is 0 Å². The zero-order chi connectivity index (χ0) is 19.8. The molecule has 2 heterocycles. The van der Waals surface area contributed by atoms with Crippen LogP contribution in [0.2, 0.25) is 0 Å². The summed E-state index contributed by atoms with van der Waals surface area (Å²) in [5.41, 5.74) is 1.88. The SMILES string of the molecule is C1CCNCC1.CCOc1ccc(F)c(-c2ccc3[nH]nc(NC=O)c3c2)c1. The molecule has 1 aromatic heterocycles. The van der Waals surface area contributed by atoms with Gasteiger partial charge in [-0.1, -0.05) is 12.5 Å². The number of fused-ring (bicyclic) bond motifs is 1. The molecule has 28 heavy (non-hydrogen) atoms. The molecule has 3 N–H and O–H groups in total. The number of carbonyl (C=O) groups excluding carboxylic acids is 1. The summed E-state index contributed by atoms with van der Waals surface area (Å²) in [5, 5.41) is 13.3. The van der Waals surface area contributed by atoms with Gasteiger partial charge in [-0.25, -0.2) is 4.39 Å². The van der Waals surface area contributed by atoms with Crippen molar-refractivity contribution < 1.29 is 13.9 Å². The number of anilines is 1. The van der Waals surface area contributed by atoms with Crippen LogP contribution in [0.5, 0.6) is 5.75 Å². The zero-order valence-corrected chi connectivity index (χ0v) is 15.9. The topological polar surface area (TPSA) is 79.0 Å². The molecule has 6 nitrogen and oxygen atoms in total. The van der Waals surface area contributed by atoms with Crippen molar-refractivity contribution in [1.29, 1.82) is 0 Å². The van der Waals surface area contributed by atoms with E-state index in [4.69, 9.17) is 4.74 Å². The van der Waals surface area contributed by atoms with Crippen molar-refractivity contribution in [2.45, 2.75) is 26.2 Å². The molecule has 2 aromatic carbocycles. The van der Waals surface area contributed by atoms with Crippen LogP contribution in [0, 0.1) is 5.82 Å². The van der Waals surface area contributed by atoms with Gasteiger partial charge in [0.25, 0.3) is 0 Å². The van der Waals surface area contributed by atoms with Gasteiger partial charge < -0.3 is 15.4 Å². The van der Waals surface area contributed by atoms with E-state index in [1.54, 1.807) is 30.3 Å². The Morgan fingerprint density at radius 3 is 2.64 bits per heavy atom. The summed E-state index contributed by atoms with van der Waals surface area (Å²) in [4.78, 5) is 10.6. The van der Waals surface area contributed by atoms with Crippen molar-refractivity contribution in [2.24, 2.45) is 0 Å². The number of piperidine rings is 1. The molecule has 0 spiro atoms. The van der Waals surface area contributed by atoms with Gasteiger partial charge in [-0.15, -0.1) is 0 Å². The first-order chi connectivity index (χ1) is 13.7. The predicted octanol–water partition coefficient (Wildman–Crippen LogP) is 4.10. The maximum atomic E-state index is 14.1. The first-order valence-electron chi connectivity index (χ1n) is 9.54. The fourth-order valence-corrected chi connectivity index (χ4v) is 3.13. The largest absolute Gasteiger partial charge is 0.494 e. The first kappa shape index (κ1) is 19.8. The van der Waals surface area contributed by atoms with Gasteiger partial charge in [-0.2, -0.15) is 5.10 Å². The third kappa shape index (κ3) is 4.86. The number of carbonyl (C=O) groups is 1. The molecular weight excluding hydrogens is 359 g/mol. The molecule has 0 atom stereocenters. The molecule has 1 aliphatic heterocycles. The summed E-state index contributed by atoms with van der Waals surface area (Å²) in [5.74, 6) is 0.682. The Balaban J connectivity index is 0.000000320. The van der Waals surface area contributed by atoms with Crippen molar-refractivity contribution in [3.05, 3.63) is 42.2 Å². The summed E-state index contributed by atoms with van der Waals surface area (Å²) >= 11 is 0. The van der Waals surface area contributed by atoms with E-state index in [0.717, 1.165) is 5.52 Å². The van der Waals surface area contributed by atoms with E-state index in [1.807, 2.05) is 6.92 Å². The van der Waals surface area contributed by atoms with E-state index in [1.165, 1.54) is 38.4 Å². The molecule has 0 unspecified atom stereocenters. The number of rotatable bonds is 5. The fraction of sp³-hybridized carbons (Fsp3) is 0.333. The highest BCUT2D eigenvalue weighted by atomic mass is 19.1. The lowest BCUT2D eigenvalue weighted by atomic mass is 10.0. The maximum Gasteiger partial charge on any atom is 0.212 e. The smallest absolute Gasteiger partial charge is 0.212 e. The molecule has 7 heteroatoms. The molecule has 0 bridgehead atoms. The number of hydrogen-bond acceptors (Lipinski definition) is 4. The fourth-order valence-electron chi connectivity index (χ4n) is 3.13. The van der Waals surface area contributed by atoms with Crippen molar-refractivity contribution >= 4 is 23.1 Å². The van der Waals surface area contributed by atoms with Crippen LogP contribution in [0.3, 0.4) is 0 Å². The Morgan fingerprint density at radius 2 is 2.00 bits per heavy atom. The Morgan fingerprint density at radius 1 is 1.18 bits per heavy atom. The maximum absolute atomic E-state index is 14.1. The van der Waals surface area contributed by atoms with E-state index in [9.17, 15) is 9.18 Å². The second-order valence-electron chi connectivity index (χ2n) is 6.48. The van der Waals surface area contributed by atoms with Crippen molar-refractivity contribution in [3.63, 3.8) is 0 Å².